The number of hydrogen-bond acceptors (Lipinski definition) is 3. The number of hydrogen-bond donors (Lipinski definition) is 1. The van der Waals surface area contributed by atoms with E-state index in [1.807, 2.05) is 57.2 Å². The van der Waals surface area contributed by atoms with Gasteiger partial charge in [0.05, 0.1) is 6.21 Å². The molecule has 0 heterocycles. The van der Waals surface area contributed by atoms with Crippen molar-refractivity contribution < 1.29 is 9.53 Å². The smallest absolute Gasteiger partial charge is 0.277 e. The standard InChI is InChI=1S/C18H19BrN2O2/c1-12-7-8-13(2)18(14(12)3)23-11-17(22)21-20-10-15-5-4-6-16(19)9-15/h4-10H,11H2,1-3H3,(H,21,22). The van der Waals surface area contributed by atoms with Crippen molar-refractivity contribution in [1.29, 1.82) is 0 Å². The summed E-state index contributed by atoms with van der Waals surface area (Å²) >= 11 is 3.38. The summed E-state index contributed by atoms with van der Waals surface area (Å²) in [6, 6.07) is 11.7. The van der Waals surface area contributed by atoms with E-state index in [1.165, 1.54) is 0 Å². The van der Waals surface area contributed by atoms with Crippen molar-refractivity contribution in [2.75, 3.05) is 6.61 Å². The third-order valence-corrected chi connectivity index (χ3v) is 3.97. The predicted molar refractivity (Wildman–Crippen MR) is 96.0 cm³/mol. The normalized spacial score (nSPS) is 10.8. The Hall–Kier alpha value is -2.14. The highest BCUT2D eigenvalue weighted by atomic mass is 79.9. The van der Waals surface area contributed by atoms with E-state index in [2.05, 4.69) is 26.5 Å². The molecule has 0 radical (unpaired) electrons. The molecule has 2 rings (SSSR count). The van der Waals surface area contributed by atoms with Crippen LogP contribution in [0.25, 0.3) is 0 Å². The molecule has 1 N–H and O–H groups in total. The maximum atomic E-state index is 11.8. The van der Waals surface area contributed by atoms with Crippen molar-refractivity contribution in [3.05, 3.63) is 63.1 Å². The summed E-state index contributed by atoms with van der Waals surface area (Å²) in [6.45, 7) is 5.90. The predicted octanol–water partition coefficient (Wildman–Crippen LogP) is 3.90. The van der Waals surface area contributed by atoms with Crippen LogP contribution in [0.2, 0.25) is 0 Å². The summed E-state index contributed by atoms with van der Waals surface area (Å²) in [7, 11) is 0. The lowest BCUT2D eigenvalue weighted by Crippen LogP contribution is -2.25. The van der Waals surface area contributed by atoms with E-state index in [-0.39, 0.29) is 12.5 Å². The van der Waals surface area contributed by atoms with E-state index in [9.17, 15) is 4.79 Å². The average Bonchev–Trinajstić information content (AvgIpc) is 2.51. The van der Waals surface area contributed by atoms with E-state index in [4.69, 9.17) is 4.74 Å². The molecule has 0 atom stereocenters. The van der Waals surface area contributed by atoms with Gasteiger partial charge in [-0.15, -0.1) is 0 Å². The molecule has 0 saturated carbocycles. The summed E-state index contributed by atoms with van der Waals surface area (Å²) < 4.78 is 6.60. The summed E-state index contributed by atoms with van der Waals surface area (Å²) in [4.78, 5) is 11.8. The van der Waals surface area contributed by atoms with Crippen LogP contribution in [0.4, 0.5) is 0 Å². The minimum Gasteiger partial charge on any atom is -0.483 e. The number of carbonyl (C=O) groups is 1. The van der Waals surface area contributed by atoms with Crippen LogP contribution in [-0.2, 0) is 4.79 Å². The van der Waals surface area contributed by atoms with Gasteiger partial charge in [-0.3, -0.25) is 4.79 Å². The van der Waals surface area contributed by atoms with Gasteiger partial charge in [-0.1, -0.05) is 40.2 Å². The second kappa shape index (κ2) is 7.92. The molecule has 0 saturated heterocycles. The second-order valence-electron chi connectivity index (χ2n) is 5.29. The van der Waals surface area contributed by atoms with E-state index >= 15 is 0 Å². The Bertz CT molecular complexity index is 742. The van der Waals surface area contributed by atoms with Crippen LogP contribution in [0.5, 0.6) is 5.75 Å². The fourth-order valence-electron chi connectivity index (χ4n) is 2.08. The minimum absolute atomic E-state index is 0.0685. The zero-order valence-electron chi connectivity index (χ0n) is 13.4. The molecule has 2 aromatic rings. The van der Waals surface area contributed by atoms with Crippen molar-refractivity contribution in [3.8, 4) is 5.75 Å². The summed E-state index contributed by atoms with van der Waals surface area (Å²) in [5.74, 6) is 0.465. The van der Waals surface area contributed by atoms with E-state index in [0.29, 0.717) is 0 Å². The zero-order valence-corrected chi connectivity index (χ0v) is 15.0. The highest BCUT2D eigenvalue weighted by Gasteiger charge is 2.08. The van der Waals surface area contributed by atoms with Gasteiger partial charge in [-0.05, 0) is 55.2 Å². The third-order valence-electron chi connectivity index (χ3n) is 3.47. The van der Waals surface area contributed by atoms with Gasteiger partial charge in [0, 0.05) is 4.47 Å². The van der Waals surface area contributed by atoms with Crippen molar-refractivity contribution >= 4 is 28.1 Å². The second-order valence-corrected chi connectivity index (χ2v) is 6.21. The van der Waals surface area contributed by atoms with Gasteiger partial charge in [0.2, 0.25) is 0 Å². The first-order valence-corrected chi connectivity index (χ1v) is 8.03. The average molecular weight is 375 g/mol. The first-order chi connectivity index (χ1) is 11.0. The first kappa shape index (κ1) is 17.2. The molecule has 2 aromatic carbocycles. The van der Waals surface area contributed by atoms with Crippen LogP contribution < -0.4 is 10.2 Å². The van der Waals surface area contributed by atoms with Crippen molar-refractivity contribution in [3.63, 3.8) is 0 Å². The van der Waals surface area contributed by atoms with Crippen LogP contribution in [0.1, 0.15) is 22.3 Å². The fourth-order valence-corrected chi connectivity index (χ4v) is 2.50. The van der Waals surface area contributed by atoms with Gasteiger partial charge in [-0.25, -0.2) is 5.43 Å². The van der Waals surface area contributed by atoms with E-state index in [1.54, 1.807) is 6.21 Å². The fraction of sp³-hybridized carbons (Fsp3) is 0.222. The lowest BCUT2D eigenvalue weighted by atomic mass is 10.1. The number of rotatable bonds is 5. The van der Waals surface area contributed by atoms with Crippen molar-refractivity contribution in [2.45, 2.75) is 20.8 Å². The van der Waals surface area contributed by atoms with Crippen LogP contribution in [-0.4, -0.2) is 18.7 Å². The number of hydrazone groups is 1. The molecule has 0 aliphatic rings. The third kappa shape index (κ3) is 4.93. The van der Waals surface area contributed by atoms with Gasteiger partial charge in [0.25, 0.3) is 5.91 Å². The van der Waals surface area contributed by atoms with Gasteiger partial charge in [0.1, 0.15) is 5.75 Å². The Labute approximate surface area is 144 Å². The Morgan fingerprint density at radius 3 is 2.70 bits per heavy atom. The number of amides is 1. The molecule has 0 aromatic heterocycles. The number of halogens is 1. The number of benzene rings is 2. The maximum Gasteiger partial charge on any atom is 0.277 e. The van der Waals surface area contributed by atoms with Crippen LogP contribution in [0, 0.1) is 20.8 Å². The van der Waals surface area contributed by atoms with E-state index in [0.717, 1.165) is 32.5 Å². The minimum atomic E-state index is -0.295. The molecule has 5 heteroatoms. The van der Waals surface area contributed by atoms with Gasteiger partial charge >= 0.3 is 0 Å². The highest BCUT2D eigenvalue weighted by Crippen LogP contribution is 2.25. The zero-order chi connectivity index (χ0) is 16.8. The molecule has 0 fully saturated rings. The SMILES string of the molecule is Cc1ccc(C)c(OCC(=O)NN=Cc2cccc(Br)c2)c1C. The van der Waals surface area contributed by atoms with Crippen molar-refractivity contribution in [1.82, 2.24) is 5.43 Å². The molecular weight excluding hydrogens is 356 g/mol. The number of nitrogens with zero attached hydrogens (tertiary/aromatic N) is 1. The first-order valence-electron chi connectivity index (χ1n) is 7.24. The Balaban J connectivity index is 1.90. The number of carbonyl (C=O) groups excluding carboxylic acids is 1. The number of aryl methyl sites for hydroxylation is 2. The molecule has 4 nitrogen and oxygen atoms in total. The maximum absolute atomic E-state index is 11.8. The Morgan fingerprint density at radius 1 is 1.22 bits per heavy atom. The number of ether oxygens (including phenoxy) is 1. The lowest BCUT2D eigenvalue weighted by molar-refractivity contribution is -0.123. The van der Waals surface area contributed by atoms with Gasteiger partial charge < -0.3 is 4.74 Å². The molecule has 0 aliphatic heterocycles. The highest BCUT2D eigenvalue weighted by molar-refractivity contribution is 9.10. The van der Waals surface area contributed by atoms with Gasteiger partial charge in [0.15, 0.2) is 6.61 Å². The molecule has 0 unspecified atom stereocenters. The Morgan fingerprint density at radius 2 is 1.96 bits per heavy atom. The molecule has 23 heavy (non-hydrogen) atoms. The van der Waals surface area contributed by atoms with Crippen LogP contribution in [0.15, 0.2) is 46.0 Å². The van der Waals surface area contributed by atoms with E-state index < -0.39 is 0 Å². The van der Waals surface area contributed by atoms with Crippen LogP contribution >= 0.6 is 15.9 Å². The molecule has 120 valence electrons. The molecular formula is C18H19BrN2O2. The topological polar surface area (TPSA) is 50.7 Å². The lowest BCUT2D eigenvalue weighted by Gasteiger charge is -2.13. The quantitative estimate of drug-likeness (QED) is 0.637. The van der Waals surface area contributed by atoms with Crippen LogP contribution in [0.3, 0.4) is 0 Å². The molecule has 0 spiro atoms. The molecule has 1 amide bonds. The summed E-state index contributed by atoms with van der Waals surface area (Å²) in [5.41, 5.74) is 6.56. The van der Waals surface area contributed by atoms with Crippen molar-refractivity contribution in [2.24, 2.45) is 5.10 Å². The molecule has 0 bridgehead atoms. The Kier molecular flexibility index (Phi) is 5.93. The molecule has 0 aliphatic carbocycles. The summed E-state index contributed by atoms with van der Waals surface area (Å²) in [6.07, 6.45) is 1.59. The van der Waals surface area contributed by atoms with Gasteiger partial charge in [-0.2, -0.15) is 5.10 Å². The number of nitrogens with one attached hydrogen (secondary N) is 1. The largest absolute Gasteiger partial charge is 0.483 e. The monoisotopic (exact) mass is 374 g/mol. The summed E-state index contributed by atoms with van der Waals surface area (Å²) in [5, 5.41) is 3.93.